The number of amides is 1. The van der Waals surface area contributed by atoms with Gasteiger partial charge in [0.25, 0.3) is 0 Å². The lowest BCUT2D eigenvalue weighted by Crippen LogP contribution is -2.45. The molecule has 0 aromatic heterocycles. The summed E-state index contributed by atoms with van der Waals surface area (Å²) in [5.41, 5.74) is -0.702. The monoisotopic (exact) mass is 262 g/mol. The molecule has 1 saturated carbocycles. The van der Waals surface area contributed by atoms with Crippen molar-refractivity contribution in [2.75, 3.05) is 13.1 Å². The first-order valence-electron chi connectivity index (χ1n) is 5.68. The zero-order chi connectivity index (χ0) is 12.8. The smallest absolute Gasteiger partial charge is 0.422 e. The molecule has 0 aromatic rings. The van der Waals surface area contributed by atoms with Gasteiger partial charge in [-0.05, 0) is 39.0 Å². The molecule has 1 amide bonds. The van der Waals surface area contributed by atoms with Crippen molar-refractivity contribution in [2.24, 2.45) is 11.8 Å². The molecule has 1 aliphatic carbocycles. The van der Waals surface area contributed by atoms with E-state index in [0.29, 0.717) is 24.9 Å². The van der Waals surface area contributed by atoms with Gasteiger partial charge < -0.3 is 4.74 Å². The summed E-state index contributed by atoms with van der Waals surface area (Å²) in [6, 6.07) is 0. The molecule has 0 aromatic carbocycles. The third kappa shape index (κ3) is 3.10. The first-order valence-corrected chi connectivity index (χ1v) is 7.12. The second-order valence-corrected chi connectivity index (χ2v) is 7.35. The Balaban J connectivity index is 1.91. The molecule has 2 fully saturated rings. The molecule has 1 aliphatic heterocycles. The highest BCUT2D eigenvalue weighted by Gasteiger charge is 2.49. The van der Waals surface area contributed by atoms with Crippen LogP contribution in [0.5, 0.6) is 0 Å². The van der Waals surface area contributed by atoms with Crippen LogP contribution < -0.4 is 4.72 Å². The van der Waals surface area contributed by atoms with Crippen molar-refractivity contribution in [3.05, 3.63) is 0 Å². The maximum atomic E-state index is 11.8. The molecular weight excluding hydrogens is 244 g/mol. The highest BCUT2D eigenvalue weighted by Crippen LogP contribution is 2.45. The largest absolute Gasteiger partial charge is 0.443 e. The predicted molar refractivity (Wildman–Crippen MR) is 61.5 cm³/mol. The van der Waals surface area contributed by atoms with Crippen molar-refractivity contribution in [3.63, 3.8) is 0 Å². The minimum absolute atomic E-state index is 0.491. The van der Waals surface area contributed by atoms with Crippen LogP contribution in [-0.2, 0) is 14.9 Å². The number of nitrogens with one attached hydrogen (secondary N) is 1. The Bertz CT molecular complexity index is 416. The molecular formula is C10H18N2O4S. The molecule has 0 unspecified atom stereocenters. The van der Waals surface area contributed by atoms with Crippen LogP contribution in [0.4, 0.5) is 4.79 Å². The number of rotatable bonds is 2. The average Bonchev–Trinajstić information content (AvgIpc) is 2.68. The van der Waals surface area contributed by atoms with Crippen LogP contribution in [-0.4, -0.2) is 37.5 Å². The Hall–Kier alpha value is -0.820. The first-order chi connectivity index (χ1) is 7.67. The average molecular weight is 262 g/mol. The number of carbonyl (C=O) groups is 1. The molecule has 7 heteroatoms. The third-order valence-corrected chi connectivity index (χ3v) is 4.30. The Morgan fingerprint density at radius 3 is 2.29 bits per heavy atom. The summed E-state index contributed by atoms with van der Waals surface area (Å²) < 4.78 is 31.8. The molecule has 0 bridgehead atoms. The van der Waals surface area contributed by atoms with Crippen molar-refractivity contribution >= 4 is 16.3 Å². The number of hydrogen-bond acceptors (Lipinski definition) is 4. The summed E-state index contributed by atoms with van der Waals surface area (Å²) >= 11 is 0. The van der Waals surface area contributed by atoms with Gasteiger partial charge in [0.15, 0.2) is 0 Å². The molecule has 2 rings (SSSR count). The molecule has 2 aliphatic rings. The number of hydrogen-bond donors (Lipinski definition) is 1. The molecule has 1 saturated heterocycles. The Labute approximate surface area is 101 Å². The van der Waals surface area contributed by atoms with E-state index >= 15 is 0 Å². The van der Waals surface area contributed by atoms with E-state index in [1.807, 2.05) is 4.72 Å². The standard InChI is InChI=1S/C10H18N2O4S/c1-10(2,3)16-9(13)11-17(14,15)12-5-7-4-8(7)6-12/h7-8H,4-6H2,1-3H3,(H,11,13)/t7-,8+. The van der Waals surface area contributed by atoms with Crippen LogP contribution in [0.3, 0.4) is 0 Å². The summed E-state index contributed by atoms with van der Waals surface area (Å²) in [7, 11) is -3.73. The van der Waals surface area contributed by atoms with Gasteiger partial charge in [-0.3, -0.25) is 0 Å². The highest BCUT2D eigenvalue weighted by atomic mass is 32.2. The van der Waals surface area contributed by atoms with Gasteiger partial charge in [0.1, 0.15) is 5.60 Å². The van der Waals surface area contributed by atoms with Crippen molar-refractivity contribution in [1.29, 1.82) is 0 Å². The molecule has 0 radical (unpaired) electrons. The van der Waals surface area contributed by atoms with Gasteiger partial charge in [-0.25, -0.2) is 9.52 Å². The number of piperidine rings is 1. The van der Waals surface area contributed by atoms with E-state index in [4.69, 9.17) is 4.74 Å². The van der Waals surface area contributed by atoms with E-state index in [9.17, 15) is 13.2 Å². The molecule has 17 heavy (non-hydrogen) atoms. The molecule has 1 heterocycles. The lowest BCUT2D eigenvalue weighted by molar-refractivity contribution is 0.0567. The Kier molecular flexibility index (Phi) is 2.86. The minimum Gasteiger partial charge on any atom is -0.443 e. The van der Waals surface area contributed by atoms with Crippen molar-refractivity contribution in [1.82, 2.24) is 9.03 Å². The quantitative estimate of drug-likeness (QED) is 0.795. The molecule has 1 N–H and O–H groups in total. The first kappa shape index (κ1) is 12.6. The van der Waals surface area contributed by atoms with Gasteiger partial charge in [-0.15, -0.1) is 0 Å². The fourth-order valence-corrected chi connectivity index (χ4v) is 3.18. The zero-order valence-corrected chi connectivity index (χ0v) is 11.1. The maximum absolute atomic E-state index is 11.8. The van der Waals surface area contributed by atoms with Crippen molar-refractivity contribution in [3.8, 4) is 0 Å². The molecule has 0 spiro atoms. The SMILES string of the molecule is CC(C)(C)OC(=O)NS(=O)(=O)N1C[C@H]2C[C@H]2C1. The Morgan fingerprint density at radius 2 is 1.82 bits per heavy atom. The van der Waals surface area contributed by atoms with Crippen LogP contribution in [0, 0.1) is 11.8 Å². The highest BCUT2D eigenvalue weighted by molar-refractivity contribution is 7.87. The molecule has 2 atom stereocenters. The van der Waals surface area contributed by atoms with E-state index in [-0.39, 0.29) is 0 Å². The summed E-state index contributed by atoms with van der Waals surface area (Å²) in [6.07, 6.45) is 0.191. The van der Waals surface area contributed by atoms with Crippen LogP contribution >= 0.6 is 0 Å². The maximum Gasteiger partial charge on any atom is 0.422 e. The van der Waals surface area contributed by atoms with Gasteiger partial charge in [0.2, 0.25) is 0 Å². The van der Waals surface area contributed by atoms with Gasteiger partial charge in [0, 0.05) is 13.1 Å². The molecule has 98 valence electrons. The van der Waals surface area contributed by atoms with Crippen molar-refractivity contribution in [2.45, 2.75) is 32.8 Å². The summed E-state index contributed by atoms with van der Waals surface area (Å²) in [5.74, 6) is 0.982. The van der Waals surface area contributed by atoms with Crippen LogP contribution in [0.2, 0.25) is 0 Å². The van der Waals surface area contributed by atoms with Gasteiger partial charge >= 0.3 is 16.3 Å². The third-order valence-electron chi connectivity index (χ3n) is 2.90. The summed E-state index contributed by atoms with van der Waals surface area (Å²) in [4.78, 5) is 11.4. The van der Waals surface area contributed by atoms with Gasteiger partial charge in [0.05, 0.1) is 0 Å². The van der Waals surface area contributed by atoms with E-state index in [0.717, 1.165) is 6.42 Å². The zero-order valence-electron chi connectivity index (χ0n) is 10.3. The number of carbonyl (C=O) groups excluding carboxylic acids is 1. The van der Waals surface area contributed by atoms with Crippen LogP contribution in [0.15, 0.2) is 0 Å². The second kappa shape index (κ2) is 3.84. The lowest BCUT2D eigenvalue weighted by atomic mass is 10.2. The predicted octanol–water partition coefficient (Wildman–Crippen LogP) is 0.708. The van der Waals surface area contributed by atoms with Gasteiger partial charge in [-0.1, -0.05) is 0 Å². The van der Waals surface area contributed by atoms with Crippen LogP contribution in [0.25, 0.3) is 0 Å². The number of nitrogens with zero attached hydrogens (tertiary/aromatic N) is 1. The van der Waals surface area contributed by atoms with E-state index in [1.54, 1.807) is 20.8 Å². The van der Waals surface area contributed by atoms with E-state index < -0.39 is 21.9 Å². The number of ether oxygens (including phenoxy) is 1. The molecule has 6 nitrogen and oxygen atoms in total. The minimum atomic E-state index is -3.73. The summed E-state index contributed by atoms with van der Waals surface area (Å²) in [5, 5.41) is 0. The lowest BCUT2D eigenvalue weighted by Gasteiger charge is -2.22. The fraction of sp³-hybridized carbons (Fsp3) is 0.900. The normalized spacial score (nSPS) is 28.6. The summed E-state index contributed by atoms with van der Waals surface area (Å²) in [6.45, 7) is 6.09. The fourth-order valence-electron chi connectivity index (χ4n) is 2.02. The van der Waals surface area contributed by atoms with Gasteiger partial charge in [-0.2, -0.15) is 12.7 Å². The number of fused-ring (bicyclic) bond motifs is 1. The second-order valence-electron chi connectivity index (χ2n) is 5.68. The van der Waals surface area contributed by atoms with E-state index in [2.05, 4.69) is 0 Å². The van der Waals surface area contributed by atoms with Crippen molar-refractivity contribution < 1.29 is 17.9 Å². The van der Waals surface area contributed by atoms with Crippen LogP contribution in [0.1, 0.15) is 27.2 Å². The Morgan fingerprint density at radius 1 is 1.29 bits per heavy atom. The topological polar surface area (TPSA) is 75.7 Å². The van der Waals surface area contributed by atoms with E-state index in [1.165, 1.54) is 4.31 Å².